The molecule has 4 rings (SSSR count). The van der Waals surface area contributed by atoms with Crippen LogP contribution in [0.1, 0.15) is 48.6 Å². The van der Waals surface area contributed by atoms with Crippen molar-refractivity contribution in [2.45, 2.75) is 38.5 Å². The number of aryl methyl sites for hydroxylation is 1. The van der Waals surface area contributed by atoms with Crippen LogP contribution in [0.3, 0.4) is 0 Å². The Morgan fingerprint density at radius 1 is 1.33 bits per heavy atom. The van der Waals surface area contributed by atoms with Crippen molar-refractivity contribution < 1.29 is 9.32 Å². The summed E-state index contributed by atoms with van der Waals surface area (Å²) in [6, 6.07) is 11.9. The fourth-order valence-corrected chi connectivity index (χ4v) is 3.87. The maximum absolute atomic E-state index is 13.0. The Kier molecular flexibility index (Phi) is 4.79. The highest BCUT2D eigenvalue weighted by atomic mass is 16.5. The van der Waals surface area contributed by atoms with Crippen LogP contribution in [0.15, 0.2) is 47.1 Å². The number of aromatic amines is 1. The second kappa shape index (κ2) is 7.39. The number of nitrogens with one attached hydrogen (secondary N) is 1. The van der Waals surface area contributed by atoms with E-state index in [4.69, 9.17) is 4.52 Å². The van der Waals surface area contributed by atoms with Gasteiger partial charge in [-0.05, 0) is 32.3 Å². The van der Waals surface area contributed by atoms with Gasteiger partial charge in [-0.25, -0.2) is 0 Å². The SMILES string of the molecule is Cc1cc(-c2cn[nH]c2C2CCCN(C(=O)C(C)c3ccccc3)C2)on1. The zero-order valence-corrected chi connectivity index (χ0v) is 15.7. The molecule has 27 heavy (non-hydrogen) atoms. The van der Waals surface area contributed by atoms with Crippen LogP contribution in [0.5, 0.6) is 0 Å². The van der Waals surface area contributed by atoms with Gasteiger partial charge in [0.05, 0.1) is 29.1 Å². The molecule has 1 aliphatic rings. The Morgan fingerprint density at radius 2 is 2.15 bits per heavy atom. The fourth-order valence-electron chi connectivity index (χ4n) is 3.87. The highest BCUT2D eigenvalue weighted by Crippen LogP contribution is 2.34. The maximum Gasteiger partial charge on any atom is 0.229 e. The molecule has 2 aromatic heterocycles. The van der Waals surface area contributed by atoms with Crippen molar-refractivity contribution in [2.75, 3.05) is 13.1 Å². The molecule has 1 aliphatic heterocycles. The van der Waals surface area contributed by atoms with Crippen LogP contribution in [0.25, 0.3) is 11.3 Å². The first-order valence-electron chi connectivity index (χ1n) is 9.44. The number of hydrogen-bond acceptors (Lipinski definition) is 4. The summed E-state index contributed by atoms with van der Waals surface area (Å²) in [6.45, 7) is 5.38. The third kappa shape index (κ3) is 3.52. The van der Waals surface area contributed by atoms with Gasteiger partial charge < -0.3 is 9.42 Å². The summed E-state index contributed by atoms with van der Waals surface area (Å²) in [5, 5.41) is 11.3. The van der Waals surface area contributed by atoms with Crippen molar-refractivity contribution >= 4 is 5.91 Å². The van der Waals surface area contributed by atoms with E-state index in [1.165, 1.54) is 0 Å². The minimum Gasteiger partial charge on any atom is -0.356 e. The number of carbonyl (C=O) groups is 1. The Balaban J connectivity index is 1.52. The second-order valence-electron chi connectivity index (χ2n) is 7.29. The van der Waals surface area contributed by atoms with Crippen molar-refractivity contribution in [3.8, 4) is 11.3 Å². The number of hydrogen-bond donors (Lipinski definition) is 1. The maximum atomic E-state index is 13.0. The summed E-state index contributed by atoms with van der Waals surface area (Å²) >= 11 is 0. The van der Waals surface area contributed by atoms with Crippen molar-refractivity contribution in [3.63, 3.8) is 0 Å². The van der Waals surface area contributed by atoms with Gasteiger partial charge in [0, 0.05) is 25.1 Å². The first-order chi connectivity index (χ1) is 13.1. The van der Waals surface area contributed by atoms with Crippen molar-refractivity contribution in [1.29, 1.82) is 0 Å². The molecule has 0 radical (unpaired) electrons. The fraction of sp³-hybridized carbons (Fsp3) is 0.381. The summed E-state index contributed by atoms with van der Waals surface area (Å²) in [5.74, 6) is 0.983. The number of carbonyl (C=O) groups excluding carboxylic acids is 1. The van der Waals surface area contributed by atoms with Gasteiger partial charge >= 0.3 is 0 Å². The molecule has 1 saturated heterocycles. The molecule has 3 heterocycles. The van der Waals surface area contributed by atoms with Crippen LogP contribution in [0.4, 0.5) is 0 Å². The molecule has 140 valence electrons. The van der Waals surface area contributed by atoms with Gasteiger partial charge in [-0.2, -0.15) is 5.10 Å². The minimum atomic E-state index is -0.136. The lowest BCUT2D eigenvalue weighted by molar-refractivity contribution is -0.133. The van der Waals surface area contributed by atoms with Crippen LogP contribution in [0, 0.1) is 6.92 Å². The molecule has 6 nitrogen and oxygen atoms in total. The summed E-state index contributed by atoms with van der Waals surface area (Å²) in [5.41, 5.74) is 3.86. The lowest BCUT2D eigenvalue weighted by atomic mass is 9.90. The Hall–Kier alpha value is -2.89. The van der Waals surface area contributed by atoms with E-state index in [0.29, 0.717) is 6.54 Å². The number of nitrogens with zero attached hydrogens (tertiary/aromatic N) is 3. The predicted molar refractivity (Wildman–Crippen MR) is 102 cm³/mol. The molecule has 2 atom stereocenters. The van der Waals surface area contributed by atoms with E-state index < -0.39 is 0 Å². The summed E-state index contributed by atoms with van der Waals surface area (Å²) in [6.07, 6.45) is 3.78. The van der Waals surface area contributed by atoms with E-state index in [1.807, 2.05) is 55.1 Å². The van der Waals surface area contributed by atoms with Gasteiger partial charge in [0.1, 0.15) is 0 Å². The van der Waals surface area contributed by atoms with Gasteiger partial charge in [0.15, 0.2) is 5.76 Å². The second-order valence-corrected chi connectivity index (χ2v) is 7.29. The van der Waals surface area contributed by atoms with Crippen LogP contribution in [-0.4, -0.2) is 39.3 Å². The summed E-state index contributed by atoms with van der Waals surface area (Å²) in [4.78, 5) is 15.0. The monoisotopic (exact) mass is 364 g/mol. The van der Waals surface area contributed by atoms with Crippen LogP contribution in [-0.2, 0) is 4.79 Å². The van der Waals surface area contributed by atoms with E-state index in [0.717, 1.165) is 47.7 Å². The van der Waals surface area contributed by atoms with Gasteiger partial charge in [0.25, 0.3) is 0 Å². The number of aromatic nitrogens is 3. The van der Waals surface area contributed by atoms with Crippen molar-refractivity contribution in [3.05, 3.63) is 59.5 Å². The third-order valence-electron chi connectivity index (χ3n) is 5.37. The molecule has 6 heteroatoms. The lowest BCUT2D eigenvalue weighted by Crippen LogP contribution is -2.41. The number of likely N-dealkylation sites (tertiary alicyclic amines) is 1. The normalized spacial score (nSPS) is 18.4. The molecule has 1 fully saturated rings. The van der Waals surface area contributed by atoms with E-state index in [9.17, 15) is 4.79 Å². The van der Waals surface area contributed by atoms with Gasteiger partial charge in [-0.15, -0.1) is 0 Å². The lowest BCUT2D eigenvalue weighted by Gasteiger charge is -2.34. The largest absolute Gasteiger partial charge is 0.356 e. The Bertz CT molecular complexity index is 915. The average Bonchev–Trinajstić information content (AvgIpc) is 3.36. The molecule has 1 amide bonds. The van der Waals surface area contributed by atoms with Crippen LogP contribution < -0.4 is 0 Å². The topological polar surface area (TPSA) is 75.0 Å². The first kappa shape index (κ1) is 17.5. The Labute approximate surface area is 158 Å². The number of piperidine rings is 1. The highest BCUT2D eigenvalue weighted by molar-refractivity contribution is 5.83. The molecule has 0 aliphatic carbocycles. The van der Waals surface area contributed by atoms with Crippen LogP contribution in [0.2, 0.25) is 0 Å². The molecule has 0 saturated carbocycles. The standard InChI is InChI=1S/C21H24N4O2/c1-14-11-19(27-24-14)18-12-22-23-20(18)17-9-6-10-25(13-17)21(26)15(2)16-7-4-3-5-8-16/h3-5,7-8,11-12,15,17H,6,9-10,13H2,1-2H3,(H,22,23). The molecule has 0 spiro atoms. The quantitative estimate of drug-likeness (QED) is 0.762. The van der Waals surface area contributed by atoms with E-state index in [-0.39, 0.29) is 17.7 Å². The zero-order valence-electron chi connectivity index (χ0n) is 15.7. The van der Waals surface area contributed by atoms with E-state index in [1.54, 1.807) is 6.20 Å². The van der Waals surface area contributed by atoms with Crippen LogP contribution >= 0.6 is 0 Å². The molecular formula is C21H24N4O2. The summed E-state index contributed by atoms with van der Waals surface area (Å²) < 4.78 is 5.42. The molecular weight excluding hydrogens is 340 g/mol. The molecule has 1 N–H and O–H groups in total. The first-order valence-corrected chi connectivity index (χ1v) is 9.44. The molecule has 2 unspecified atom stereocenters. The van der Waals surface area contributed by atoms with E-state index >= 15 is 0 Å². The Morgan fingerprint density at radius 3 is 2.89 bits per heavy atom. The number of amides is 1. The predicted octanol–water partition coefficient (Wildman–Crippen LogP) is 3.88. The summed E-state index contributed by atoms with van der Waals surface area (Å²) in [7, 11) is 0. The molecule has 1 aromatic carbocycles. The zero-order chi connectivity index (χ0) is 18.8. The van der Waals surface area contributed by atoms with Gasteiger partial charge in [-0.1, -0.05) is 35.5 Å². The minimum absolute atomic E-state index is 0.136. The van der Waals surface area contributed by atoms with Gasteiger partial charge in [0.2, 0.25) is 5.91 Å². The smallest absolute Gasteiger partial charge is 0.229 e. The third-order valence-corrected chi connectivity index (χ3v) is 5.37. The molecule has 3 aromatic rings. The van der Waals surface area contributed by atoms with Crippen molar-refractivity contribution in [1.82, 2.24) is 20.3 Å². The number of benzene rings is 1. The number of H-pyrrole nitrogens is 1. The number of rotatable bonds is 4. The van der Waals surface area contributed by atoms with E-state index in [2.05, 4.69) is 15.4 Å². The highest BCUT2D eigenvalue weighted by Gasteiger charge is 2.30. The van der Waals surface area contributed by atoms with Crippen molar-refractivity contribution in [2.24, 2.45) is 0 Å². The average molecular weight is 364 g/mol. The molecule has 0 bridgehead atoms. The van der Waals surface area contributed by atoms with Gasteiger partial charge in [-0.3, -0.25) is 9.89 Å².